The predicted molar refractivity (Wildman–Crippen MR) is 54.9 cm³/mol. The molecule has 3 nitrogen and oxygen atoms in total. The third-order valence-electron chi connectivity index (χ3n) is 2.19. The van der Waals surface area contributed by atoms with Crippen molar-refractivity contribution >= 4 is 11.6 Å². The minimum absolute atomic E-state index is 0.260. The summed E-state index contributed by atoms with van der Waals surface area (Å²) >= 11 is 5.94. The Hall–Kier alpha value is -0.310. The van der Waals surface area contributed by atoms with Crippen LogP contribution in [0.4, 0.5) is 0 Å². The highest BCUT2D eigenvalue weighted by atomic mass is 35.5. The highest BCUT2D eigenvalue weighted by molar-refractivity contribution is 6.21. The van der Waals surface area contributed by atoms with Crippen molar-refractivity contribution < 1.29 is 4.92 Å². The highest BCUT2D eigenvalue weighted by Crippen LogP contribution is 2.17. The van der Waals surface area contributed by atoms with E-state index < -0.39 is 6.04 Å². The van der Waals surface area contributed by atoms with Crippen LogP contribution in [0.5, 0.6) is 0 Å². The lowest BCUT2D eigenvalue weighted by atomic mass is 10.1. The van der Waals surface area contributed by atoms with Crippen LogP contribution in [0.15, 0.2) is 0 Å². The number of nitrogens with zero attached hydrogens (tertiary/aromatic N) is 1. The molecule has 78 valence electrons. The molecule has 0 N–H and O–H groups in total. The molecule has 0 aliphatic rings. The van der Waals surface area contributed by atoms with Gasteiger partial charge in [-0.25, -0.2) is 0 Å². The van der Waals surface area contributed by atoms with Gasteiger partial charge in [-0.05, 0) is 6.42 Å². The molecule has 0 aromatic heterocycles. The normalized spacial score (nSPS) is 15.3. The average molecular weight is 208 g/mol. The standard InChI is InChI=1S/C9H18ClNO2/c1-3-5-6-7-8(10)9(4-2)11(12)13/h8-9H,3-7H2,1-2H3. The number of unbranched alkanes of at least 4 members (excludes halogenated alkanes) is 2. The molecule has 0 amide bonds. The van der Waals surface area contributed by atoms with E-state index in [1.54, 1.807) is 0 Å². The molecule has 0 fully saturated rings. The monoisotopic (exact) mass is 207 g/mol. The smallest absolute Gasteiger partial charge is 0.229 e. The SMILES string of the molecule is CCCCCC(Cl)C(CC)[N+](=O)[O-]. The van der Waals surface area contributed by atoms with Gasteiger partial charge in [0, 0.05) is 11.3 Å². The number of hydrogen-bond acceptors (Lipinski definition) is 2. The van der Waals surface area contributed by atoms with Gasteiger partial charge in [0.1, 0.15) is 5.38 Å². The van der Waals surface area contributed by atoms with Gasteiger partial charge in [0.05, 0.1) is 0 Å². The molecule has 0 aromatic carbocycles. The summed E-state index contributed by atoms with van der Waals surface area (Å²) in [6.45, 7) is 3.91. The summed E-state index contributed by atoms with van der Waals surface area (Å²) in [4.78, 5) is 10.3. The lowest BCUT2D eigenvalue weighted by Gasteiger charge is -2.12. The Kier molecular flexibility index (Phi) is 6.96. The summed E-state index contributed by atoms with van der Waals surface area (Å²) in [5, 5.41) is 10.2. The molecular weight excluding hydrogens is 190 g/mol. The van der Waals surface area contributed by atoms with E-state index in [0.29, 0.717) is 6.42 Å². The third kappa shape index (κ3) is 5.09. The van der Waals surface area contributed by atoms with E-state index >= 15 is 0 Å². The van der Waals surface area contributed by atoms with Gasteiger partial charge in [-0.3, -0.25) is 10.1 Å². The fourth-order valence-corrected chi connectivity index (χ4v) is 1.74. The van der Waals surface area contributed by atoms with Crippen LogP contribution < -0.4 is 0 Å². The Balaban J connectivity index is 3.77. The molecule has 0 spiro atoms. The number of nitro groups is 1. The molecule has 2 unspecified atom stereocenters. The summed E-state index contributed by atoms with van der Waals surface area (Å²) in [6.07, 6.45) is 4.51. The molecule has 0 saturated heterocycles. The quantitative estimate of drug-likeness (QED) is 0.278. The summed E-state index contributed by atoms with van der Waals surface area (Å²) < 4.78 is 0. The molecule has 4 heteroatoms. The van der Waals surface area contributed by atoms with Crippen LogP contribution in [0, 0.1) is 10.1 Å². The Morgan fingerprint density at radius 2 is 2.00 bits per heavy atom. The van der Waals surface area contributed by atoms with Crippen LogP contribution in [-0.2, 0) is 0 Å². The van der Waals surface area contributed by atoms with E-state index in [4.69, 9.17) is 11.6 Å². The van der Waals surface area contributed by atoms with Crippen molar-refractivity contribution in [2.24, 2.45) is 0 Å². The van der Waals surface area contributed by atoms with E-state index in [-0.39, 0.29) is 10.3 Å². The van der Waals surface area contributed by atoms with Crippen LogP contribution in [0.3, 0.4) is 0 Å². The van der Waals surface area contributed by atoms with Gasteiger partial charge in [0.15, 0.2) is 0 Å². The van der Waals surface area contributed by atoms with Crippen molar-refractivity contribution in [3.8, 4) is 0 Å². The van der Waals surface area contributed by atoms with Crippen molar-refractivity contribution in [2.45, 2.75) is 57.4 Å². The molecule has 0 aliphatic heterocycles. The molecule has 0 heterocycles. The fraction of sp³-hybridized carbons (Fsp3) is 1.00. The maximum atomic E-state index is 10.5. The van der Waals surface area contributed by atoms with Crippen LogP contribution in [0.2, 0.25) is 0 Å². The Labute approximate surface area is 84.6 Å². The van der Waals surface area contributed by atoms with E-state index in [9.17, 15) is 10.1 Å². The van der Waals surface area contributed by atoms with Crippen molar-refractivity contribution in [1.82, 2.24) is 0 Å². The molecule has 0 aliphatic carbocycles. The maximum Gasteiger partial charge on any atom is 0.229 e. The first-order chi connectivity index (χ1) is 6.13. The molecule has 13 heavy (non-hydrogen) atoms. The van der Waals surface area contributed by atoms with Gasteiger partial charge in [-0.2, -0.15) is 0 Å². The summed E-state index contributed by atoms with van der Waals surface area (Å²) in [6, 6.07) is -0.571. The lowest BCUT2D eigenvalue weighted by molar-refractivity contribution is -0.522. The van der Waals surface area contributed by atoms with Crippen LogP contribution >= 0.6 is 11.6 Å². The fourth-order valence-electron chi connectivity index (χ4n) is 1.32. The second-order valence-corrected chi connectivity index (χ2v) is 3.83. The van der Waals surface area contributed by atoms with Crippen molar-refractivity contribution in [2.75, 3.05) is 0 Å². The van der Waals surface area contributed by atoms with E-state index in [1.807, 2.05) is 6.92 Å². The molecule has 0 saturated carbocycles. The Bertz CT molecular complexity index is 153. The third-order valence-corrected chi connectivity index (χ3v) is 2.70. The topological polar surface area (TPSA) is 43.1 Å². The lowest BCUT2D eigenvalue weighted by Crippen LogP contribution is -2.29. The second-order valence-electron chi connectivity index (χ2n) is 3.27. The van der Waals surface area contributed by atoms with Gasteiger partial charge in [0.2, 0.25) is 6.04 Å². The first-order valence-corrected chi connectivity index (χ1v) is 5.34. The van der Waals surface area contributed by atoms with Gasteiger partial charge in [-0.1, -0.05) is 33.1 Å². The minimum atomic E-state index is -0.571. The summed E-state index contributed by atoms with van der Waals surface area (Å²) in [7, 11) is 0. The van der Waals surface area contributed by atoms with Crippen LogP contribution in [-0.4, -0.2) is 16.3 Å². The first kappa shape index (κ1) is 12.7. The summed E-state index contributed by atoms with van der Waals surface area (Å²) in [5.41, 5.74) is 0. The Morgan fingerprint density at radius 3 is 2.38 bits per heavy atom. The summed E-state index contributed by atoms with van der Waals surface area (Å²) in [5.74, 6) is 0. The molecule has 0 rings (SSSR count). The van der Waals surface area contributed by atoms with Gasteiger partial charge in [0.25, 0.3) is 0 Å². The van der Waals surface area contributed by atoms with Crippen LogP contribution in [0.1, 0.15) is 46.0 Å². The van der Waals surface area contributed by atoms with Gasteiger partial charge < -0.3 is 0 Å². The number of alkyl halides is 1. The molecule has 0 bridgehead atoms. The zero-order valence-electron chi connectivity index (χ0n) is 8.33. The first-order valence-electron chi connectivity index (χ1n) is 4.91. The zero-order valence-corrected chi connectivity index (χ0v) is 9.09. The molecular formula is C9H18ClNO2. The van der Waals surface area contributed by atoms with Crippen molar-refractivity contribution in [3.63, 3.8) is 0 Å². The van der Waals surface area contributed by atoms with Gasteiger partial charge >= 0.3 is 0 Å². The molecule has 0 aromatic rings. The Morgan fingerprint density at radius 1 is 1.38 bits per heavy atom. The zero-order chi connectivity index (χ0) is 10.3. The minimum Gasteiger partial charge on any atom is -0.264 e. The van der Waals surface area contributed by atoms with E-state index in [0.717, 1.165) is 25.7 Å². The second kappa shape index (κ2) is 7.13. The van der Waals surface area contributed by atoms with Crippen molar-refractivity contribution in [1.29, 1.82) is 0 Å². The molecule has 0 radical (unpaired) electrons. The van der Waals surface area contributed by atoms with Crippen molar-refractivity contribution in [3.05, 3.63) is 10.1 Å². The number of rotatable bonds is 7. The van der Waals surface area contributed by atoms with E-state index in [2.05, 4.69) is 6.92 Å². The largest absolute Gasteiger partial charge is 0.264 e. The number of halogens is 1. The van der Waals surface area contributed by atoms with Crippen LogP contribution in [0.25, 0.3) is 0 Å². The highest BCUT2D eigenvalue weighted by Gasteiger charge is 2.26. The maximum absolute atomic E-state index is 10.5. The molecule has 2 atom stereocenters. The van der Waals surface area contributed by atoms with E-state index in [1.165, 1.54) is 0 Å². The average Bonchev–Trinajstić information content (AvgIpc) is 2.05. The van der Waals surface area contributed by atoms with Gasteiger partial charge in [-0.15, -0.1) is 11.6 Å². The predicted octanol–water partition coefficient (Wildman–Crippen LogP) is 3.23. The number of hydrogen-bond donors (Lipinski definition) is 0.